The van der Waals surface area contributed by atoms with Gasteiger partial charge in [0, 0.05) is 17.9 Å². The number of nitrogens with zero attached hydrogens (tertiary/aromatic N) is 4. The summed E-state index contributed by atoms with van der Waals surface area (Å²) in [6.07, 6.45) is 2.07. The van der Waals surface area contributed by atoms with Crippen molar-refractivity contribution in [1.29, 1.82) is 0 Å². The molecule has 4 heteroatoms. The van der Waals surface area contributed by atoms with Crippen LogP contribution >= 0.6 is 0 Å². The van der Waals surface area contributed by atoms with Gasteiger partial charge in [-0.1, -0.05) is 38.1 Å². The summed E-state index contributed by atoms with van der Waals surface area (Å²) in [5.41, 5.74) is 5.64. The molecule has 1 aromatic carbocycles. The molecule has 0 aliphatic carbocycles. The molecule has 1 aliphatic rings. The fourth-order valence-corrected chi connectivity index (χ4v) is 2.87. The summed E-state index contributed by atoms with van der Waals surface area (Å²) in [6.45, 7) is 9.30. The number of rotatable bonds is 3. The average molecular weight is 308 g/mol. The van der Waals surface area contributed by atoms with Gasteiger partial charge in [0.05, 0.1) is 5.71 Å². The third kappa shape index (κ3) is 3.58. The van der Waals surface area contributed by atoms with Crippen molar-refractivity contribution in [2.24, 2.45) is 5.10 Å². The SMILES string of the molecule is Cc1cc(C)nc(N2CCCC(c3ccc(C(C)C)cc3)=N2)n1. The molecule has 2 aromatic rings. The van der Waals surface area contributed by atoms with Gasteiger partial charge >= 0.3 is 0 Å². The van der Waals surface area contributed by atoms with E-state index in [1.54, 1.807) is 0 Å². The lowest BCUT2D eigenvalue weighted by atomic mass is 9.98. The van der Waals surface area contributed by atoms with E-state index in [4.69, 9.17) is 5.10 Å². The standard InChI is InChI=1S/C19H24N4/c1-13(2)16-7-9-17(10-8-16)18-6-5-11-23(22-18)19-20-14(3)12-15(4)21-19/h7-10,12-13H,5-6,11H2,1-4H3. The first-order valence-corrected chi connectivity index (χ1v) is 8.30. The zero-order valence-corrected chi connectivity index (χ0v) is 14.4. The van der Waals surface area contributed by atoms with Crippen LogP contribution in [0.1, 0.15) is 55.1 Å². The summed E-state index contributed by atoms with van der Waals surface area (Å²) < 4.78 is 0. The Labute approximate surface area is 138 Å². The maximum Gasteiger partial charge on any atom is 0.246 e. The molecule has 1 aromatic heterocycles. The normalized spacial score (nSPS) is 15.0. The van der Waals surface area contributed by atoms with Gasteiger partial charge in [-0.3, -0.25) is 0 Å². The molecule has 0 spiro atoms. The molecule has 23 heavy (non-hydrogen) atoms. The highest BCUT2D eigenvalue weighted by Crippen LogP contribution is 2.21. The third-order valence-corrected chi connectivity index (χ3v) is 4.14. The van der Waals surface area contributed by atoms with Gasteiger partial charge in [-0.05, 0) is 49.8 Å². The van der Waals surface area contributed by atoms with Gasteiger partial charge in [-0.15, -0.1) is 0 Å². The first kappa shape index (κ1) is 15.7. The number of benzene rings is 1. The van der Waals surface area contributed by atoms with Gasteiger partial charge in [0.15, 0.2) is 0 Å². The van der Waals surface area contributed by atoms with Crippen molar-refractivity contribution < 1.29 is 0 Å². The Morgan fingerprint density at radius 2 is 1.65 bits per heavy atom. The lowest BCUT2D eigenvalue weighted by Gasteiger charge is -2.24. The first-order chi connectivity index (χ1) is 11.0. The van der Waals surface area contributed by atoms with Crippen molar-refractivity contribution in [1.82, 2.24) is 9.97 Å². The average Bonchev–Trinajstić information content (AvgIpc) is 2.54. The summed E-state index contributed by atoms with van der Waals surface area (Å²) in [5.74, 6) is 1.26. The molecular formula is C19H24N4. The lowest BCUT2D eigenvalue weighted by Crippen LogP contribution is -2.28. The second-order valence-electron chi connectivity index (χ2n) is 6.50. The van der Waals surface area contributed by atoms with Gasteiger partial charge in [-0.25, -0.2) is 15.0 Å². The van der Waals surface area contributed by atoms with Crippen molar-refractivity contribution in [3.63, 3.8) is 0 Å². The van der Waals surface area contributed by atoms with Crippen molar-refractivity contribution in [2.45, 2.75) is 46.5 Å². The van der Waals surface area contributed by atoms with Crippen LogP contribution in [0, 0.1) is 13.8 Å². The van der Waals surface area contributed by atoms with Gasteiger partial charge in [0.2, 0.25) is 5.95 Å². The van der Waals surface area contributed by atoms with Crippen LogP contribution in [0.3, 0.4) is 0 Å². The predicted octanol–water partition coefficient (Wildman–Crippen LogP) is 4.22. The third-order valence-electron chi connectivity index (χ3n) is 4.14. The fraction of sp³-hybridized carbons (Fsp3) is 0.421. The number of anilines is 1. The number of hydrazone groups is 1. The molecule has 4 nitrogen and oxygen atoms in total. The summed E-state index contributed by atoms with van der Waals surface area (Å²) in [7, 11) is 0. The van der Waals surface area contributed by atoms with Crippen LogP contribution in [0.15, 0.2) is 35.4 Å². The first-order valence-electron chi connectivity index (χ1n) is 8.30. The van der Waals surface area contributed by atoms with E-state index >= 15 is 0 Å². The van der Waals surface area contributed by atoms with E-state index < -0.39 is 0 Å². The summed E-state index contributed by atoms with van der Waals surface area (Å²) >= 11 is 0. The maximum atomic E-state index is 4.80. The molecule has 0 atom stereocenters. The molecule has 0 bridgehead atoms. The zero-order valence-electron chi connectivity index (χ0n) is 14.4. The summed E-state index contributed by atoms with van der Waals surface area (Å²) in [4.78, 5) is 9.06. The van der Waals surface area contributed by atoms with Gasteiger partial charge in [-0.2, -0.15) is 5.10 Å². The molecule has 2 heterocycles. The smallest absolute Gasteiger partial charge is 0.231 e. The molecular weight excluding hydrogens is 284 g/mol. The molecule has 1 aliphatic heterocycles. The zero-order chi connectivity index (χ0) is 16.4. The Hall–Kier alpha value is -2.23. The molecule has 0 N–H and O–H groups in total. The molecule has 0 amide bonds. The number of hydrogen-bond acceptors (Lipinski definition) is 4. The van der Waals surface area contributed by atoms with Crippen molar-refractivity contribution in [2.75, 3.05) is 11.6 Å². The van der Waals surface area contributed by atoms with Crippen molar-refractivity contribution in [3.8, 4) is 0 Å². The molecule has 120 valence electrons. The van der Waals surface area contributed by atoms with Crippen LogP contribution < -0.4 is 5.01 Å². The van der Waals surface area contributed by atoms with Crippen molar-refractivity contribution in [3.05, 3.63) is 52.8 Å². The van der Waals surface area contributed by atoms with E-state index in [1.165, 1.54) is 11.1 Å². The number of hydrogen-bond donors (Lipinski definition) is 0. The van der Waals surface area contributed by atoms with Gasteiger partial charge < -0.3 is 0 Å². The molecule has 0 radical (unpaired) electrons. The quantitative estimate of drug-likeness (QED) is 0.852. The summed E-state index contributed by atoms with van der Waals surface area (Å²) in [6, 6.07) is 10.8. The van der Waals surface area contributed by atoms with Crippen LogP contribution in [0.25, 0.3) is 0 Å². The highest BCUT2D eigenvalue weighted by molar-refractivity contribution is 6.01. The fourth-order valence-electron chi connectivity index (χ4n) is 2.87. The topological polar surface area (TPSA) is 41.4 Å². The largest absolute Gasteiger partial charge is 0.246 e. The molecule has 0 saturated heterocycles. The predicted molar refractivity (Wildman–Crippen MR) is 95.2 cm³/mol. The Morgan fingerprint density at radius 3 is 2.26 bits per heavy atom. The van der Waals surface area contributed by atoms with Crippen molar-refractivity contribution >= 4 is 11.7 Å². The number of aryl methyl sites for hydroxylation is 2. The monoisotopic (exact) mass is 308 g/mol. The minimum atomic E-state index is 0.553. The molecule has 3 rings (SSSR count). The molecule has 0 saturated carbocycles. The Kier molecular flexibility index (Phi) is 4.42. The molecule has 0 unspecified atom stereocenters. The van der Waals surface area contributed by atoms with Crippen LogP contribution in [-0.2, 0) is 0 Å². The Balaban J connectivity index is 1.89. The van der Waals surface area contributed by atoms with E-state index in [2.05, 4.69) is 48.1 Å². The molecule has 0 fully saturated rings. The Bertz CT molecular complexity index is 696. The highest BCUT2D eigenvalue weighted by atomic mass is 15.5. The second-order valence-corrected chi connectivity index (χ2v) is 6.50. The lowest BCUT2D eigenvalue weighted by molar-refractivity contribution is 0.715. The summed E-state index contributed by atoms with van der Waals surface area (Å²) in [5, 5.41) is 6.74. The van der Waals surface area contributed by atoms with Gasteiger partial charge in [0.1, 0.15) is 0 Å². The minimum absolute atomic E-state index is 0.553. The van der Waals surface area contributed by atoms with E-state index in [0.29, 0.717) is 11.9 Å². The second kappa shape index (κ2) is 6.49. The maximum absolute atomic E-state index is 4.80. The number of aromatic nitrogens is 2. The van der Waals surface area contributed by atoms with E-state index in [9.17, 15) is 0 Å². The minimum Gasteiger partial charge on any atom is -0.231 e. The van der Waals surface area contributed by atoms with E-state index in [-0.39, 0.29) is 0 Å². The van der Waals surface area contributed by atoms with E-state index in [0.717, 1.165) is 36.5 Å². The Morgan fingerprint density at radius 1 is 1.00 bits per heavy atom. The van der Waals surface area contributed by atoms with Crippen LogP contribution in [0.5, 0.6) is 0 Å². The van der Waals surface area contributed by atoms with Gasteiger partial charge in [0.25, 0.3) is 0 Å². The van der Waals surface area contributed by atoms with E-state index in [1.807, 2.05) is 24.9 Å². The van der Waals surface area contributed by atoms with Crippen LogP contribution in [-0.4, -0.2) is 22.2 Å². The van der Waals surface area contributed by atoms with Crippen LogP contribution in [0.4, 0.5) is 5.95 Å². The van der Waals surface area contributed by atoms with Crippen LogP contribution in [0.2, 0.25) is 0 Å². The highest BCUT2D eigenvalue weighted by Gasteiger charge is 2.17.